The fourth-order valence-electron chi connectivity index (χ4n) is 4.19. The summed E-state index contributed by atoms with van der Waals surface area (Å²) in [5, 5.41) is 13.5. The number of carbonyl (C=O) groups is 2. The van der Waals surface area contributed by atoms with E-state index >= 15 is 0 Å². The predicted molar refractivity (Wildman–Crippen MR) is 97.6 cm³/mol. The molecule has 1 aliphatic carbocycles. The molecule has 2 N–H and O–H groups in total. The highest BCUT2D eigenvalue weighted by atomic mass is 16.6. The number of rotatable bonds is 3. The average Bonchev–Trinajstić information content (AvgIpc) is 3.24. The minimum absolute atomic E-state index is 0.0190. The number of aromatic hydroxyl groups is 1. The SMILES string of the molecule is O=C1OC(C(=O)OCc2cc(O)c3c(c2)Cc2ccccc2-3)C2OCCNC12. The second-order valence-electron chi connectivity index (χ2n) is 7.22. The fourth-order valence-corrected chi connectivity index (χ4v) is 4.19. The van der Waals surface area contributed by atoms with Crippen LogP contribution >= 0.6 is 0 Å². The summed E-state index contributed by atoms with van der Waals surface area (Å²) in [6, 6.07) is 10.9. The van der Waals surface area contributed by atoms with Crippen molar-refractivity contribution in [1.29, 1.82) is 0 Å². The van der Waals surface area contributed by atoms with Crippen LogP contribution < -0.4 is 5.32 Å². The molecule has 144 valence electrons. The van der Waals surface area contributed by atoms with E-state index in [9.17, 15) is 14.7 Å². The lowest BCUT2D eigenvalue weighted by Gasteiger charge is -2.25. The van der Waals surface area contributed by atoms with Crippen molar-refractivity contribution in [3.8, 4) is 16.9 Å². The second-order valence-corrected chi connectivity index (χ2v) is 7.22. The molecule has 0 aromatic heterocycles. The van der Waals surface area contributed by atoms with Crippen LogP contribution in [0.4, 0.5) is 0 Å². The second kappa shape index (κ2) is 6.61. The van der Waals surface area contributed by atoms with Crippen LogP contribution in [0.25, 0.3) is 11.1 Å². The van der Waals surface area contributed by atoms with E-state index in [-0.39, 0.29) is 12.4 Å². The first-order valence-corrected chi connectivity index (χ1v) is 9.27. The molecular weight excluding hydrogens is 362 g/mol. The molecule has 0 saturated carbocycles. The van der Waals surface area contributed by atoms with Crippen molar-refractivity contribution in [2.75, 3.05) is 13.2 Å². The van der Waals surface area contributed by atoms with Crippen molar-refractivity contribution in [1.82, 2.24) is 5.32 Å². The van der Waals surface area contributed by atoms with Crippen molar-refractivity contribution in [2.24, 2.45) is 0 Å². The minimum Gasteiger partial charge on any atom is -0.507 e. The van der Waals surface area contributed by atoms with Crippen molar-refractivity contribution < 1.29 is 28.9 Å². The summed E-state index contributed by atoms with van der Waals surface area (Å²) in [7, 11) is 0. The van der Waals surface area contributed by atoms with Gasteiger partial charge in [0.05, 0.1) is 6.61 Å². The third kappa shape index (κ3) is 2.75. The van der Waals surface area contributed by atoms with Gasteiger partial charge in [-0.05, 0) is 34.7 Å². The zero-order valence-corrected chi connectivity index (χ0v) is 15.0. The van der Waals surface area contributed by atoms with Gasteiger partial charge in [-0.15, -0.1) is 0 Å². The van der Waals surface area contributed by atoms with E-state index in [1.807, 2.05) is 30.3 Å². The van der Waals surface area contributed by atoms with E-state index in [4.69, 9.17) is 14.2 Å². The van der Waals surface area contributed by atoms with Gasteiger partial charge in [0.25, 0.3) is 0 Å². The highest BCUT2D eigenvalue weighted by molar-refractivity contribution is 5.88. The van der Waals surface area contributed by atoms with Gasteiger partial charge in [-0.25, -0.2) is 4.79 Å². The Balaban J connectivity index is 1.30. The number of fused-ring (bicyclic) bond motifs is 4. The van der Waals surface area contributed by atoms with Gasteiger partial charge < -0.3 is 19.3 Å². The van der Waals surface area contributed by atoms with Gasteiger partial charge in [-0.1, -0.05) is 30.3 Å². The molecule has 0 amide bonds. The number of carbonyl (C=O) groups excluding carboxylic acids is 2. The molecule has 7 heteroatoms. The number of hydrogen-bond donors (Lipinski definition) is 2. The minimum atomic E-state index is -1.07. The lowest BCUT2D eigenvalue weighted by Crippen LogP contribution is -2.52. The third-order valence-corrected chi connectivity index (χ3v) is 5.44. The number of phenolic OH excluding ortho intramolecular Hbond substituents is 1. The summed E-state index contributed by atoms with van der Waals surface area (Å²) in [5.41, 5.74) is 4.71. The number of esters is 2. The van der Waals surface area contributed by atoms with Gasteiger partial charge in [-0.3, -0.25) is 10.1 Å². The van der Waals surface area contributed by atoms with Gasteiger partial charge >= 0.3 is 11.9 Å². The number of hydrogen-bond acceptors (Lipinski definition) is 7. The van der Waals surface area contributed by atoms with Crippen LogP contribution in [0, 0.1) is 0 Å². The van der Waals surface area contributed by atoms with Gasteiger partial charge in [0, 0.05) is 12.1 Å². The maximum absolute atomic E-state index is 12.4. The molecule has 0 spiro atoms. The molecule has 2 saturated heterocycles. The molecule has 7 nitrogen and oxygen atoms in total. The lowest BCUT2D eigenvalue weighted by molar-refractivity contribution is -0.166. The molecule has 3 unspecified atom stereocenters. The van der Waals surface area contributed by atoms with E-state index in [0.717, 1.165) is 28.7 Å². The summed E-state index contributed by atoms with van der Waals surface area (Å²) in [6.45, 7) is 0.921. The molecule has 2 aromatic rings. The lowest BCUT2D eigenvalue weighted by atomic mass is 10.0. The molecule has 3 atom stereocenters. The quantitative estimate of drug-likeness (QED) is 0.660. The highest BCUT2D eigenvalue weighted by Crippen LogP contribution is 2.42. The summed E-state index contributed by atoms with van der Waals surface area (Å²) >= 11 is 0. The Bertz CT molecular complexity index is 971. The van der Waals surface area contributed by atoms with E-state index in [1.54, 1.807) is 6.07 Å². The molecular formula is C21H19NO6. The van der Waals surface area contributed by atoms with E-state index in [2.05, 4.69) is 5.32 Å². The molecule has 2 aromatic carbocycles. The number of morpholine rings is 1. The summed E-state index contributed by atoms with van der Waals surface area (Å²) in [5.74, 6) is -0.979. The van der Waals surface area contributed by atoms with Crippen LogP contribution in [0.15, 0.2) is 36.4 Å². The number of nitrogens with one attached hydrogen (secondary N) is 1. The van der Waals surface area contributed by atoms with Crippen molar-refractivity contribution >= 4 is 11.9 Å². The Labute approximate surface area is 161 Å². The molecule has 2 aliphatic heterocycles. The summed E-state index contributed by atoms with van der Waals surface area (Å²) in [6.07, 6.45) is -1.01. The number of cyclic esters (lactones) is 1. The molecule has 0 bridgehead atoms. The maximum atomic E-state index is 12.4. The molecule has 2 fully saturated rings. The number of ether oxygens (including phenoxy) is 3. The monoisotopic (exact) mass is 381 g/mol. The zero-order chi connectivity index (χ0) is 19.3. The highest BCUT2D eigenvalue weighted by Gasteiger charge is 2.51. The fraction of sp³-hybridized carbons (Fsp3) is 0.333. The Kier molecular flexibility index (Phi) is 4.07. The standard InChI is InChI=1S/C21H19NO6/c23-15-8-11(7-13-9-12-3-1-2-4-14(12)16(13)15)10-27-21(25)19-18-17(20(24)28-19)22-5-6-26-18/h1-4,7-8,17-19,22-23H,5-6,9-10H2. The number of benzene rings is 2. The zero-order valence-electron chi connectivity index (χ0n) is 15.0. The van der Waals surface area contributed by atoms with Crippen molar-refractivity contribution in [2.45, 2.75) is 31.3 Å². The van der Waals surface area contributed by atoms with Crippen LogP contribution in [0.3, 0.4) is 0 Å². The van der Waals surface area contributed by atoms with Gasteiger partial charge in [-0.2, -0.15) is 0 Å². The Morgan fingerprint density at radius 3 is 3.00 bits per heavy atom. The molecule has 0 radical (unpaired) electrons. The topological polar surface area (TPSA) is 94.1 Å². The normalized spacial score (nSPS) is 24.9. The van der Waals surface area contributed by atoms with Crippen molar-refractivity contribution in [3.05, 3.63) is 53.1 Å². The molecule has 3 aliphatic rings. The van der Waals surface area contributed by atoms with Gasteiger partial charge in [0.2, 0.25) is 6.10 Å². The maximum Gasteiger partial charge on any atom is 0.350 e. The first-order valence-electron chi connectivity index (χ1n) is 9.27. The van der Waals surface area contributed by atoms with Gasteiger partial charge in [0.1, 0.15) is 24.5 Å². The largest absolute Gasteiger partial charge is 0.507 e. The number of phenols is 1. The summed E-state index contributed by atoms with van der Waals surface area (Å²) < 4.78 is 16.0. The molecule has 2 heterocycles. The molecule has 28 heavy (non-hydrogen) atoms. The summed E-state index contributed by atoms with van der Waals surface area (Å²) in [4.78, 5) is 24.3. The van der Waals surface area contributed by atoms with Crippen LogP contribution in [-0.2, 0) is 36.8 Å². The Morgan fingerprint density at radius 1 is 1.25 bits per heavy atom. The van der Waals surface area contributed by atoms with Crippen LogP contribution in [-0.4, -0.2) is 48.4 Å². The van der Waals surface area contributed by atoms with Crippen LogP contribution in [0.5, 0.6) is 5.75 Å². The Hall–Kier alpha value is -2.90. The smallest absolute Gasteiger partial charge is 0.350 e. The average molecular weight is 381 g/mol. The van der Waals surface area contributed by atoms with Crippen LogP contribution in [0.2, 0.25) is 0 Å². The third-order valence-electron chi connectivity index (χ3n) is 5.44. The van der Waals surface area contributed by atoms with E-state index < -0.39 is 30.2 Å². The first-order chi connectivity index (χ1) is 13.6. The van der Waals surface area contributed by atoms with E-state index in [0.29, 0.717) is 18.7 Å². The first kappa shape index (κ1) is 17.2. The van der Waals surface area contributed by atoms with Crippen LogP contribution in [0.1, 0.15) is 16.7 Å². The Morgan fingerprint density at radius 2 is 2.11 bits per heavy atom. The predicted octanol–water partition coefficient (Wildman–Crippen LogP) is 1.29. The van der Waals surface area contributed by atoms with E-state index in [1.165, 1.54) is 0 Å². The van der Waals surface area contributed by atoms with Gasteiger partial charge in [0.15, 0.2) is 0 Å². The molecule has 5 rings (SSSR count). The van der Waals surface area contributed by atoms with Crippen molar-refractivity contribution in [3.63, 3.8) is 0 Å².